The molecular weight excluding hydrogens is 538 g/mol. The van der Waals surface area contributed by atoms with E-state index in [1.807, 2.05) is 4.90 Å². The summed E-state index contributed by atoms with van der Waals surface area (Å²) in [5.41, 5.74) is -0.243. The highest BCUT2D eigenvalue weighted by Gasteiger charge is 2.53. The highest BCUT2D eigenvalue weighted by molar-refractivity contribution is 6.47. The van der Waals surface area contributed by atoms with E-state index in [4.69, 9.17) is 28.2 Å². The van der Waals surface area contributed by atoms with Crippen molar-refractivity contribution in [1.29, 1.82) is 0 Å². The SMILES string of the molecule is CC(C)(C)CCC(c1ccc(C(=O)O)cc1)N1C(=O)C(c2cc(Cl)cc(Cl)c2)=NC12CCC(C(C)(C)F)CC2. The van der Waals surface area contributed by atoms with E-state index in [-0.39, 0.29) is 28.8 Å². The van der Waals surface area contributed by atoms with Gasteiger partial charge in [0.2, 0.25) is 0 Å². The summed E-state index contributed by atoms with van der Waals surface area (Å²) in [5.74, 6) is -1.34. The molecule has 1 N–H and O–H groups in total. The van der Waals surface area contributed by atoms with Crippen molar-refractivity contribution in [3.63, 3.8) is 0 Å². The van der Waals surface area contributed by atoms with Crippen LogP contribution in [0.1, 0.15) is 101 Å². The fourth-order valence-electron chi connectivity index (χ4n) is 5.90. The number of rotatable bonds is 7. The van der Waals surface area contributed by atoms with Gasteiger partial charge in [0.25, 0.3) is 5.91 Å². The predicted molar refractivity (Wildman–Crippen MR) is 155 cm³/mol. The summed E-state index contributed by atoms with van der Waals surface area (Å²) in [6.45, 7) is 9.70. The number of carbonyl (C=O) groups is 2. The molecule has 8 heteroatoms. The summed E-state index contributed by atoms with van der Waals surface area (Å²) in [4.78, 5) is 32.9. The number of halogens is 3. The van der Waals surface area contributed by atoms with Crippen molar-refractivity contribution in [3.8, 4) is 0 Å². The topological polar surface area (TPSA) is 70.0 Å². The first-order valence-corrected chi connectivity index (χ1v) is 14.3. The number of carboxylic acid groups (broad SMARTS) is 1. The fourth-order valence-corrected chi connectivity index (χ4v) is 6.43. The van der Waals surface area contributed by atoms with Gasteiger partial charge in [-0.3, -0.25) is 9.79 Å². The molecule has 1 amide bonds. The van der Waals surface area contributed by atoms with Crippen LogP contribution in [0.4, 0.5) is 4.39 Å². The average Bonchev–Trinajstić information content (AvgIpc) is 3.10. The first-order valence-electron chi connectivity index (χ1n) is 13.5. The molecule has 1 atom stereocenters. The number of hydrogen-bond acceptors (Lipinski definition) is 3. The van der Waals surface area contributed by atoms with E-state index < -0.39 is 17.3 Å². The third-order valence-corrected chi connectivity index (χ3v) is 8.54. The standard InChI is InChI=1S/C31H37Cl2FN2O3/c1-29(2,3)13-12-25(19-6-8-20(9-7-19)28(38)39)36-27(37)26(21-16-23(32)18-24(33)17-21)35-31(36)14-10-22(11-15-31)30(4,5)34/h6-9,16-18,22,25H,10-15H2,1-5H3,(H,38,39). The predicted octanol–water partition coefficient (Wildman–Crippen LogP) is 8.53. The number of amides is 1. The van der Waals surface area contributed by atoms with Crippen molar-refractivity contribution in [2.75, 3.05) is 0 Å². The Morgan fingerprint density at radius 3 is 2.13 bits per heavy atom. The Hall–Kier alpha value is -2.44. The van der Waals surface area contributed by atoms with Crippen LogP contribution in [-0.2, 0) is 4.79 Å². The zero-order valence-electron chi connectivity index (χ0n) is 23.2. The van der Waals surface area contributed by atoms with Crippen LogP contribution in [0.3, 0.4) is 0 Å². The monoisotopic (exact) mass is 574 g/mol. The van der Waals surface area contributed by atoms with E-state index in [1.165, 1.54) is 0 Å². The summed E-state index contributed by atoms with van der Waals surface area (Å²) >= 11 is 12.6. The van der Waals surface area contributed by atoms with Gasteiger partial charge in [-0.05, 0) is 99.6 Å². The van der Waals surface area contributed by atoms with Gasteiger partial charge in [0.1, 0.15) is 17.0 Å². The second-order valence-corrected chi connectivity index (χ2v) is 13.5. The highest BCUT2D eigenvalue weighted by atomic mass is 35.5. The summed E-state index contributed by atoms with van der Waals surface area (Å²) in [7, 11) is 0. The minimum atomic E-state index is -1.32. The van der Waals surface area contributed by atoms with Crippen molar-refractivity contribution in [2.45, 2.75) is 90.5 Å². The van der Waals surface area contributed by atoms with Gasteiger partial charge in [0.15, 0.2) is 0 Å². The average molecular weight is 576 g/mol. The molecular formula is C31H37Cl2FN2O3. The number of nitrogens with zero attached hydrogens (tertiary/aromatic N) is 2. The number of carbonyl (C=O) groups excluding carboxylic acids is 1. The molecule has 2 aromatic carbocycles. The molecule has 4 rings (SSSR count). The molecule has 1 heterocycles. The molecule has 5 nitrogen and oxygen atoms in total. The van der Waals surface area contributed by atoms with Crippen LogP contribution < -0.4 is 0 Å². The van der Waals surface area contributed by atoms with Gasteiger partial charge in [-0.25, -0.2) is 9.18 Å². The lowest BCUT2D eigenvalue weighted by Crippen LogP contribution is -2.52. The first-order chi connectivity index (χ1) is 18.1. The summed E-state index contributed by atoms with van der Waals surface area (Å²) < 4.78 is 14.9. The van der Waals surface area contributed by atoms with E-state index in [9.17, 15) is 19.1 Å². The maximum absolute atomic E-state index is 14.9. The van der Waals surface area contributed by atoms with Crippen molar-refractivity contribution >= 4 is 40.8 Å². The van der Waals surface area contributed by atoms with Crippen molar-refractivity contribution < 1.29 is 19.1 Å². The van der Waals surface area contributed by atoms with Gasteiger partial charge >= 0.3 is 5.97 Å². The summed E-state index contributed by atoms with van der Waals surface area (Å²) in [6, 6.07) is 11.4. The maximum atomic E-state index is 14.9. The molecule has 0 aromatic heterocycles. The quantitative estimate of drug-likeness (QED) is 0.360. The highest BCUT2D eigenvalue weighted by Crippen LogP contribution is 2.49. The van der Waals surface area contributed by atoms with Gasteiger partial charge in [-0.15, -0.1) is 0 Å². The fraction of sp³-hybridized carbons (Fsp3) is 0.516. The summed E-state index contributed by atoms with van der Waals surface area (Å²) in [6.07, 6.45) is 3.77. The van der Waals surface area contributed by atoms with Crippen LogP contribution in [-0.4, -0.2) is 38.9 Å². The van der Waals surface area contributed by atoms with Crippen LogP contribution in [0.25, 0.3) is 0 Å². The largest absolute Gasteiger partial charge is 0.478 e. The van der Waals surface area contributed by atoms with Crippen LogP contribution in [0.15, 0.2) is 47.5 Å². The molecule has 0 saturated heterocycles. The van der Waals surface area contributed by atoms with Crippen molar-refractivity contribution in [2.24, 2.45) is 16.3 Å². The van der Waals surface area contributed by atoms with Crippen molar-refractivity contribution in [3.05, 3.63) is 69.2 Å². The van der Waals surface area contributed by atoms with E-state index in [0.717, 1.165) is 12.0 Å². The van der Waals surface area contributed by atoms with Crippen LogP contribution in [0.2, 0.25) is 10.0 Å². The molecule has 1 saturated carbocycles. The number of benzene rings is 2. The number of carboxylic acids is 1. The molecule has 2 aromatic rings. The molecule has 1 fully saturated rings. The Balaban J connectivity index is 1.82. The van der Waals surface area contributed by atoms with Gasteiger partial charge in [0, 0.05) is 15.6 Å². The molecule has 0 radical (unpaired) electrons. The molecule has 210 valence electrons. The zero-order chi connectivity index (χ0) is 28.8. The molecule has 0 bridgehead atoms. The number of aromatic carboxylic acids is 1. The van der Waals surface area contributed by atoms with E-state index in [1.54, 1.807) is 56.3 Å². The first kappa shape index (κ1) is 29.5. The molecule has 1 aliphatic carbocycles. The Morgan fingerprint density at radius 2 is 1.64 bits per heavy atom. The second kappa shape index (κ2) is 10.9. The number of alkyl halides is 1. The zero-order valence-corrected chi connectivity index (χ0v) is 24.7. The normalized spacial score (nSPS) is 22.8. The van der Waals surface area contributed by atoms with Gasteiger partial charge in [-0.2, -0.15) is 0 Å². The van der Waals surface area contributed by atoms with Gasteiger partial charge < -0.3 is 10.0 Å². The number of hydrogen-bond donors (Lipinski definition) is 1. The Morgan fingerprint density at radius 1 is 1.08 bits per heavy atom. The lowest BCUT2D eigenvalue weighted by Gasteiger charge is -2.47. The third-order valence-electron chi connectivity index (χ3n) is 8.10. The molecule has 2 aliphatic rings. The van der Waals surface area contributed by atoms with E-state index in [2.05, 4.69) is 20.8 Å². The number of aliphatic imine (C=N–C) groups is 1. The molecule has 1 aliphatic heterocycles. The third kappa shape index (κ3) is 6.49. The van der Waals surface area contributed by atoms with Crippen LogP contribution in [0, 0.1) is 11.3 Å². The second-order valence-electron chi connectivity index (χ2n) is 12.7. The molecule has 39 heavy (non-hydrogen) atoms. The van der Waals surface area contributed by atoms with Gasteiger partial charge in [0.05, 0.1) is 11.6 Å². The van der Waals surface area contributed by atoms with Crippen LogP contribution >= 0.6 is 23.2 Å². The molecule has 1 spiro atoms. The van der Waals surface area contributed by atoms with Crippen LogP contribution in [0.5, 0.6) is 0 Å². The Kier molecular flexibility index (Phi) is 8.22. The van der Waals surface area contributed by atoms with E-state index >= 15 is 0 Å². The Labute approximate surface area is 240 Å². The maximum Gasteiger partial charge on any atom is 0.335 e. The summed E-state index contributed by atoms with van der Waals surface area (Å²) in [5, 5.41) is 10.3. The Bertz CT molecular complexity index is 1250. The lowest BCUT2D eigenvalue weighted by molar-refractivity contribution is -0.134. The van der Waals surface area contributed by atoms with Crippen molar-refractivity contribution in [1.82, 2.24) is 4.90 Å². The molecule has 1 unspecified atom stereocenters. The van der Waals surface area contributed by atoms with Gasteiger partial charge in [-0.1, -0.05) is 56.1 Å². The lowest BCUT2D eigenvalue weighted by atomic mass is 9.74. The van der Waals surface area contributed by atoms with E-state index in [0.29, 0.717) is 53.4 Å². The smallest absolute Gasteiger partial charge is 0.335 e. The minimum Gasteiger partial charge on any atom is -0.478 e. The minimum absolute atomic E-state index is 0.00920.